The molecule has 0 spiro atoms. The first-order chi connectivity index (χ1) is 13.6. The number of aryl methyl sites for hydroxylation is 1. The molecule has 0 unspecified atom stereocenters. The van der Waals surface area contributed by atoms with E-state index in [9.17, 15) is 9.59 Å². The Labute approximate surface area is 165 Å². The predicted octanol–water partition coefficient (Wildman–Crippen LogP) is 2.14. The summed E-state index contributed by atoms with van der Waals surface area (Å²) in [5, 5.41) is 7.54. The van der Waals surface area contributed by atoms with Crippen LogP contribution in [0.15, 0.2) is 29.2 Å². The molecular weight excluding hydrogens is 354 g/mol. The Morgan fingerprint density at radius 3 is 2.79 bits per heavy atom. The van der Waals surface area contributed by atoms with Gasteiger partial charge >= 0.3 is 0 Å². The maximum Gasteiger partial charge on any atom is 0.251 e. The van der Waals surface area contributed by atoms with Crippen LogP contribution < -0.4 is 10.9 Å². The molecule has 0 aromatic carbocycles. The van der Waals surface area contributed by atoms with Crippen molar-refractivity contribution < 1.29 is 4.79 Å². The molecule has 2 aromatic rings. The molecule has 0 atom stereocenters. The second kappa shape index (κ2) is 8.31. The zero-order chi connectivity index (χ0) is 19.5. The van der Waals surface area contributed by atoms with Gasteiger partial charge in [0.15, 0.2) is 0 Å². The summed E-state index contributed by atoms with van der Waals surface area (Å²) in [6, 6.07) is 5.88. The van der Waals surface area contributed by atoms with Crippen LogP contribution >= 0.6 is 0 Å². The summed E-state index contributed by atoms with van der Waals surface area (Å²) >= 11 is 0. The highest BCUT2D eigenvalue weighted by atomic mass is 16.2. The number of hydrogen-bond acceptors (Lipinski definition) is 4. The number of pyridine rings is 1. The van der Waals surface area contributed by atoms with Crippen molar-refractivity contribution in [1.29, 1.82) is 0 Å². The lowest BCUT2D eigenvalue weighted by Crippen LogP contribution is -2.42. The smallest absolute Gasteiger partial charge is 0.251 e. The van der Waals surface area contributed by atoms with Gasteiger partial charge in [0.1, 0.15) is 0 Å². The highest BCUT2D eigenvalue weighted by Gasteiger charge is 2.26. The molecule has 2 aliphatic rings. The van der Waals surface area contributed by atoms with Crippen molar-refractivity contribution in [2.75, 3.05) is 6.54 Å². The third kappa shape index (κ3) is 4.04. The van der Waals surface area contributed by atoms with E-state index >= 15 is 0 Å². The van der Waals surface area contributed by atoms with Gasteiger partial charge in [-0.3, -0.25) is 19.2 Å². The second-order valence-corrected chi connectivity index (χ2v) is 7.83. The monoisotopic (exact) mass is 383 g/mol. The summed E-state index contributed by atoms with van der Waals surface area (Å²) in [5.41, 5.74) is 2.33. The minimum absolute atomic E-state index is 0.157. The number of nitrogens with one attached hydrogen (secondary N) is 1. The summed E-state index contributed by atoms with van der Waals surface area (Å²) in [6.45, 7) is 5.78. The van der Waals surface area contributed by atoms with Crippen molar-refractivity contribution in [3.63, 3.8) is 0 Å². The van der Waals surface area contributed by atoms with Crippen molar-refractivity contribution in [2.45, 2.75) is 71.2 Å². The van der Waals surface area contributed by atoms with Gasteiger partial charge in [0.2, 0.25) is 0 Å². The first-order valence-corrected chi connectivity index (χ1v) is 10.4. The van der Waals surface area contributed by atoms with Crippen LogP contribution in [0.4, 0.5) is 0 Å². The third-order valence-electron chi connectivity index (χ3n) is 6.00. The summed E-state index contributed by atoms with van der Waals surface area (Å²) < 4.78 is 3.64. The van der Waals surface area contributed by atoms with E-state index in [0.29, 0.717) is 24.7 Å². The minimum Gasteiger partial charge on any atom is -0.346 e. The lowest BCUT2D eigenvalue weighted by molar-refractivity contribution is 0.0950. The van der Waals surface area contributed by atoms with E-state index in [0.717, 1.165) is 25.3 Å². The number of carbonyl (C=O) groups is 1. The number of rotatable bonds is 5. The van der Waals surface area contributed by atoms with E-state index in [2.05, 4.69) is 26.1 Å². The lowest BCUT2D eigenvalue weighted by atomic mass is 9.94. The van der Waals surface area contributed by atoms with Crippen LogP contribution in [0.2, 0.25) is 0 Å². The first-order valence-electron chi connectivity index (χ1n) is 10.4. The van der Waals surface area contributed by atoms with E-state index in [1.807, 2.05) is 6.92 Å². The van der Waals surface area contributed by atoms with Gasteiger partial charge in [-0.25, -0.2) is 0 Å². The molecule has 1 aliphatic carbocycles. The lowest BCUT2D eigenvalue weighted by Gasteiger charge is -2.36. The van der Waals surface area contributed by atoms with Crippen LogP contribution in [0.5, 0.6) is 0 Å². The molecule has 4 rings (SSSR count). The van der Waals surface area contributed by atoms with Crippen molar-refractivity contribution in [2.24, 2.45) is 0 Å². The van der Waals surface area contributed by atoms with Crippen molar-refractivity contribution in [3.8, 4) is 0 Å². The van der Waals surface area contributed by atoms with E-state index in [4.69, 9.17) is 0 Å². The van der Waals surface area contributed by atoms with Crippen LogP contribution in [0.1, 0.15) is 60.8 Å². The van der Waals surface area contributed by atoms with E-state index in [-0.39, 0.29) is 11.5 Å². The van der Waals surface area contributed by atoms with Gasteiger partial charge in [-0.2, -0.15) is 5.10 Å². The molecule has 1 amide bonds. The van der Waals surface area contributed by atoms with E-state index in [1.165, 1.54) is 43.9 Å². The van der Waals surface area contributed by atoms with E-state index in [1.54, 1.807) is 16.8 Å². The van der Waals surface area contributed by atoms with Crippen molar-refractivity contribution in [3.05, 3.63) is 51.7 Å². The van der Waals surface area contributed by atoms with Gasteiger partial charge in [0, 0.05) is 43.5 Å². The molecule has 1 saturated carbocycles. The average Bonchev–Trinajstić information content (AvgIpc) is 3.14. The fourth-order valence-electron chi connectivity index (χ4n) is 4.37. The minimum atomic E-state index is -0.241. The predicted molar refractivity (Wildman–Crippen MR) is 107 cm³/mol. The second-order valence-electron chi connectivity index (χ2n) is 7.83. The van der Waals surface area contributed by atoms with Gasteiger partial charge in [0.25, 0.3) is 11.5 Å². The van der Waals surface area contributed by atoms with Gasteiger partial charge in [-0.05, 0) is 31.9 Å². The molecule has 7 nitrogen and oxygen atoms in total. The maximum atomic E-state index is 12.4. The largest absolute Gasteiger partial charge is 0.346 e. The van der Waals surface area contributed by atoms with Gasteiger partial charge in [-0.1, -0.05) is 19.3 Å². The molecule has 2 aromatic heterocycles. The fraction of sp³-hybridized carbons (Fsp3) is 0.571. The van der Waals surface area contributed by atoms with Crippen LogP contribution in [-0.4, -0.2) is 37.7 Å². The Bertz CT molecular complexity index is 894. The normalized spacial score (nSPS) is 18.0. The van der Waals surface area contributed by atoms with Crippen molar-refractivity contribution >= 4 is 5.91 Å². The average molecular weight is 383 g/mol. The Morgan fingerprint density at radius 2 is 2.04 bits per heavy atom. The van der Waals surface area contributed by atoms with Gasteiger partial charge in [0.05, 0.1) is 24.5 Å². The first kappa shape index (κ1) is 18.9. The molecule has 0 bridgehead atoms. The molecular formula is C21H29N5O2. The maximum absolute atomic E-state index is 12.4. The van der Waals surface area contributed by atoms with Gasteiger partial charge < -0.3 is 9.88 Å². The van der Waals surface area contributed by atoms with Crippen LogP contribution in [0.25, 0.3) is 0 Å². The molecule has 7 heteroatoms. The SMILES string of the molecule is CCn1ccc(C(=O)NCc2cc3n(n2)CCN(C2CCCCC2)C3)cc1=O. The zero-order valence-electron chi connectivity index (χ0n) is 16.6. The molecule has 0 saturated heterocycles. The molecule has 0 radical (unpaired) electrons. The molecule has 28 heavy (non-hydrogen) atoms. The quantitative estimate of drug-likeness (QED) is 0.859. The molecule has 1 N–H and O–H groups in total. The summed E-state index contributed by atoms with van der Waals surface area (Å²) in [6.07, 6.45) is 8.36. The van der Waals surface area contributed by atoms with E-state index < -0.39 is 0 Å². The van der Waals surface area contributed by atoms with Gasteiger partial charge in [-0.15, -0.1) is 0 Å². The van der Waals surface area contributed by atoms with Crippen LogP contribution in [0.3, 0.4) is 0 Å². The number of amides is 1. The Kier molecular flexibility index (Phi) is 5.62. The molecule has 1 aliphatic heterocycles. The molecule has 3 heterocycles. The summed E-state index contributed by atoms with van der Waals surface area (Å²) in [5.74, 6) is -0.241. The number of hydrogen-bond donors (Lipinski definition) is 1. The number of carbonyl (C=O) groups excluding carboxylic acids is 1. The molecule has 150 valence electrons. The zero-order valence-corrected chi connectivity index (χ0v) is 16.6. The Hall–Kier alpha value is -2.41. The fourth-order valence-corrected chi connectivity index (χ4v) is 4.37. The number of nitrogens with zero attached hydrogens (tertiary/aromatic N) is 4. The highest BCUT2D eigenvalue weighted by Crippen LogP contribution is 2.26. The Balaban J connectivity index is 1.36. The highest BCUT2D eigenvalue weighted by molar-refractivity contribution is 5.93. The summed E-state index contributed by atoms with van der Waals surface area (Å²) in [7, 11) is 0. The molecule has 1 fully saturated rings. The van der Waals surface area contributed by atoms with Crippen molar-refractivity contribution in [1.82, 2.24) is 24.6 Å². The number of aromatic nitrogens is 3. The van der Waals surface area contributed by atoms with Crippen LogP contribution in [-0.2, 0) is 26.2 Å². The standard InChI is InChI=1S/C21H29N5O2/c1-2-24-9-8-16(12-20(24)27)21(28)22-14-17-13-19-15-25(10-11-26(19)23-17)18-6-4-3-5-7-18/h8-9,12-13,18H,2-7,10-11,14-15H2,1H3,(H,22,28). The Morgan fingerprint density at radius 1 is 1.21 bits per heavy atom. The van der Waals surface area contributed by atoms with Crippen LogP contribution in [0, 0.1) is 0 Å². The number of fused-ring (bicyclic) bond motifs is 1. The summed E-state index contributed by atoms with van der Waals surface area (Å²) in [4.78, 5) is 26.9. The topological polar surface area (TPSA) is 72.2 Å². The third-order valence-corrected chi connectivity index (χ3v) is 6.00.